The summed E-state index contributed by atoms with van der Waals surface area (Å²) in [5.41, 5.74) is 11.9. The average molecular weight is 249 g/mol. The number of nitrogen functional groups attached to an aromatic ring is 1. The zero-order valence-electron chi connectivity index (χ0n) is 9.97. The molecule has 0 amide bonds. The number of nitrogens with zero attached hydrogens (tertiary/aromatic N) is 1. The largest absolute Gasteiger partial charge is 0.399 e. The molecule has 4 N–H and O–H groups in total. The number of anilines is 1. The quantitative estimate of drug-likeness (QED) is 0.781. The Morgan fingerprint density at radius 3 is 2.78 bits per heavy atom. The smallest absolute Gasteiger partial charge is 0.229 e. The molecule has 1 unspecified atom stereocenters. The van der Waals surface area contributed by atoms with Crippen LogP contribution in [0.15, 0.2) is 29.3 Å². The third kappa shape index (κ3) is 1.66. The number of rotatable bonds is 2. The Balaban J connectivity index is 2.14. The lowest BCUT2D eigenvalue weighted by molar-refractivity contribution is -0.0930. The highest BCUT2D eigenvalue weighted by molar-refractivity contribution is 5.83. The molecule has 0 aromatic heterocycles. The normalized spacial score (nSPS) is 32.1. The van der Waals surface area contributed by atoms with E-state index in [1.54, 1.807) is 12.1 Å². The van der Waals surface area contributed by atoms with E-state index < -0.39 is 11.9 Å². The Labute approximate surface area is 105 Å². The van der Waals surface area contributed by atoms with Crippen LogP contribution in [-0.4, -0.2) is 18.8 Å². The van der Waals surface area contributed by atoms with Crippen molar-refractivity contribution in [2.75, 3.05) is 12.3 Å². The van der Waals surface area contributed by atoms with Gasteiger partial charge in [-0.15, -0.1) is 0 Å². The SMILES string of the molecule is NC1=N[C@](c2cccc(N)c2)(C2CC2)C(F)OC1. The van der Waals surface area contributed by atoms with Crippen LogP contribution in [0.1, 0.15) is 18.4 Å². The molecule has 5 heteroatoms. The molecule has 3 rings (SSSR count). The van der Waals surface area contributed by atoms with Crippen LogP contribution in [0.4, 0.5) is 10.1 Å². The zero-order chi connectivity index (χ0) is 12.8. The molecule has 0 bridgehead atoms. The Morgan fingerprint density at radius 2 is 2.11 bits per heavy atom. The third-order valence-electron chi connectivity index (χ3n) is 3.60. The van der Waals surface area contributed by atoms with Crippen LogP contribution < -0.4 is 11.5 Å². The standard InChI is InChI=1S/C13H16FN3O/c14-12-13(8-4-5-8,17-11(16)7-18-12)9-2-1-3-10(15)6-9/h1-3,6,8,12H,4-5,7,15H2,(H2,16,17)/t12?,13-/m0/s1. The van der Waals surface area contributed by atoms with Gasteiger partial charge in [-0.1, -0.05) is 12.1 Å². The molecule has 1 fully saturated rings. The maximum Gasteiger partial charge on any atom is 0.229 e. The lowest BCUT2D eigenvalue weighted by Crippen LogP contribution is -2.46. The van der Waals surface area contributed by atoms with Crippen molar-refractivity contribution in [2.45, 2.75) is 24.7 Å². The zero-order valence-corrected chi connectivity index (χ0v) is 9.97. The van der Waals surface area contributed by atoms with Gasteiger partial charge in [0.1, 0.15) is 18.0 Å². The van der Waals surface area contributed by atoms with Gasteiger partial charge >= 0.3 is 0 Å². The van der Waals surface area contributed by atoms with Gasteiger partial charge in [-0.2, -0.15) is 0 Å². The molecular formula is C13H16FN3O. The van der Waals surface area contributed by atoms with Gasteiger partial charge in [0.05, 0.1) is 0 Å². The first-order valence-corrected chi connectivity index (χ1v) is 6.09. The van der Waals surface area contributed by atoms with Gasteiger partial charge in [0.15, 0.2) is 0 Å². The van der Waals surface area contributed by atoms with Gasteiger partial charge in [-0.3, -0.25) is 4.99 Å². The van der Waals surface area contributed by atoms with E-state index in [0.717, 1.165) is 18.4 Å². The third-order valence-corrected chi connectivity index (χ3v) is 3.60. The van der Waals surface area contributed by atoms with Gasteiger partial charge in [-0.25, -0.2) is 4.39 Å². The minimum absolute atomic E-state index is 0.0535. The lowest BCUT2D eigenvalue weighted by Gasteiger charge is -2.37. The fourth-order valence-electron chi connectivity index (χ4n) is 2.63. The molecule has 1 aliphatic heterocycles. The van der Waals surface area contributed by atoms with E-state index >= 15 is 0 Å². The second kappa shape index (κ2) is 3.95. The molecule has 4 nitrogen and oxygen atoms in total. The fourth-order valence-corrected chi connectivity index (χ4v) is 2.63. The fraction of sp³-hybridized carbons (Fsp3) is 0.462. The minimum Gasteiger partial charge on any atom is -0.399 e. The monoisotopic (exact) mass is 249 g/mol. The Morgan fingerprint density at radius 1 is 1.33 bits per heavy atom. The number of aliphatic imine (C=N–C) groups is 1. The molecule has 1 aliphatic carbocycles. The molecular weight excluding hydrogens is 233 g/mol. The second-order valence-electron chi connectivity index (χ2n) is 4.96. The van der Waals surface area contributed by atoms with E-state index in [4.69, 9.17) is 16.2 Å². The summed E-state index contributed by atoms with van der Waals surface area (Å²) >= 11 is 0. The summed E-state index contributed by atoms with van der Waals surface area (Å²) in [5.74, 6) is 0.492. The van der Waals surface area contributed by atoms with Crippen molar-refractivity contribution >= 4 is 11.5 Å². The van der Waals surface area contributed by atoms with Gasteiger partial charge in [-0.05, 0) is 36.5 Å². The number of halogens is 1. The number of hydrogen-bond acceptors (Lipinski definition) is 4. The number of nitrogens with two attached hydrogens (primary N) is 2. The number of benzene rings is 1. The maximum atomic E-state index is 14.4. The summed E-state index contributed by atoms with van der Waals surface area (Å²) in [4.78, 5) is 4.41. The summed E-state index contributed by atoms with van der Waals surface area (Å²) < 4.78 is 19.5. The minimum atomic E-state index is -1.46. The molecule has 1 aromatic rings. The van der Waals surface area contributed by atoms with Crippen molar-refractivity contribution in [3.63, 3.8) is 0 Å². The van der Waals surface area contributed by atoms with Crippen molar-refractivity contribution in [1.29, 1.82) is 0 Å². The molecule has 0 radical (unpaired) electrons. The highest BCUT2D eigenvalue weighted by Gasteiger charge is 2.55. The molecule has 1 saturated carbocycles. The van der Waals surface area contributed by atoms with E-state index in [2.05, 4.69) is 4.99 Å². The van der Waals surface area contributed by atoms with Crippen LogP contribution in [0.5, 0.6) is 0 Å². The molecule has 18 heavy (non-hydrogen) atoms. The van der Waals surface area contributed by atoms with Gasteiger partial charge < -0.3 is 16.2 Å². The predicted octanol–water partition coefficient (Wildman–Crippen LogP) is 1.56. The molecule has 2 atom stereocenters. The molecule has 1 heterocycles. The first-order valence-electron chi connectivity index (χ1n) is 6.09. The molecule has 0 spiro atoms. The lowest BCUT2D eigenvalue weighted by atomic mass is 9.84. The summed E-state index contributed by atoms with van der Waals surface area (Å²) in [6.45, 7) is 0.0535. The van der Waals surface area contributed by atoms with Crippen LogP contribution in [-0.2, 0) is 10.3 Å². The first kappa shape index (κ1) is 11.5. The van der Waals surface area contributed by atoms with E-state index in [0.29, 0.717) is 11.5 Å². The topological polar surface area (TPSA) is 73.6 Å². The van der Waals surface area contributed by atoms with Crippen molar-refractivity contribution in [1.82, 2.24) is 0 Å². The highest BCUT2D eigenvalue weighted by atomic mass is 19.1. The van der Waals surface area contributed by atoms with Crippen molar-refractivity contribution in [2.24, 2.45) is 16.6 Å². The van der Waals surface area contributed by atoms with E-state index in [-0.39, 0.29) is 12.5 Å². The van der Waals surface area contributed by atoms with Crippen molar-refractivity contribution in [3.05, 3.63) is 29.8 Å². The number of hydrogen-bond donors (Lipinski definition) is 2. The average Bonchev–Trinajstić information content (AvgIpc) is 3.17. The molecule has 1 aromatic carbocycles. The highest BCUT2D eigenvalue weighted by Crippen LogP contribution is 2.52. The maximum absolute atomic E-state index is 14.4. The summed E-state index contributed by atoms with van der Waals surface area (Å²) in [5, 5.41) is 0. The second-order valence-corrected chi connectivity index (χ2v) is 4.96. The summed E-state index contributed by atoms with van der Waals surface area (Å²) in [6, 6.07) is 7.18. The van der Waals surface area contributed by atoms with Gasteiger partial charge in [0.25, 0.3) is 0 Å². The van der Waals surface area contributed by atoms with Crippen LogP contribution in [0.25, 0.3) is 0 Å². The number of amidine groups is 1. The summed E-state index contributed by atoms with van der Waals surface area (Å²) in [6.07, 6.45) is 0.421. The molecule has 0 saturated heterocycles. The Bertz CT molecular complexity index is 501. The van der Waals surface area contributed by atoms with Crippen LogP contribution in [0, 0.1) is 5.92 Å². The first-order chi connectivity index (χ1) is 8.63. The van der Waals surface area contributed by atoms with Gasteiger partial charge in [0.2, 0.25) is 6.36 Å². The predicted molar refractivity (Wildman–Crippen MR) is 67.7 cm³/mol. The molecule has 2 aliphatic rings. The van der Waals surface area contributed by atoms with Crippen molar-refractivity contribution in [3.8, 4) is 0 Å². The van der Waals surface area contributed by atoms with E-state index in [1.165, 1.54) is 0 Å². The van der Waals surface area contributed by atoms with Crippen LogP contribution >= 0.6 is 0 Å². The summed E-state index contributed by atoms with van der Waals surface area (Å²) in [7, 11) is 0. The Hall–Kier alpha value is -1.62. The van der Waals surface area contributed by atoms with Crippen molar-refractivity contribution < 1.29 is 9.13 Å². The molecule has 96 valence electrons. The van der Waals surface area contributed by atoms with E-state index in [9.17, 15) is 4.39 Å². The van der Waals surface area contributed by atoms with Crippen LogP contribution in [0.3, 0.4) is 0 Å². The number of alkyl halides is 1. The Kier molecular flexibility index (Phi) is 2.52. The van der Waals surface area contributed by atoms with Crippen LogP contribution in [0.2, 0.25) is 0 Å². The van der Waals surface area contributed by atoms with E-state index in [1.807, 2.05) is 12.1 Å². The van der Waals surface area contributed by atoms with Gasteiger partial charge in [0, 0.05) is 5.69 Å². The number of ether oxygens (including phenoxy) is 1.